The molecule has 0 radical (unpaired) electrons. The van der Waals surface area contributed by atoms with Crippen LogP contribution in [0.5, 0.6) is 0 Å². The highest BCUT2D eigenvalue weighted by Gasteiger charge is 2.40. The molecule has 1 atom stereocenters. The summed E-state index contributed by atoms with van der Waals surface area (Å²) in [6.45, 7) is 12.4. The molecule has 0 amide bonds. The van der Waals surface area contributed by atoms with Crippen LogP contribution in [0.3, 0.4) is 0 Å². The fourth-order valence-corrected chi connectivity index (χ4v) is 5.34. The topological polar surface area (TPSA) is 74.2 Å². The van der Waals surface area contributed by atoms with E-state index in [0.29, 0.717) is 37.6 Å². The monoisotopic (exact) mass is 462 g/mol. The zero-order chi connectivity index (χ0) is 23.8. The lowest BCUT2D eigenvalue weighted by Crippen LogP contribution is -2.47. The molecule has 6 nitrogen and oxygen atoms in total. The van der Waals surface area contributed by atoms with Gasteiger partial charge < -0.3 is 23.1 Å². The van der Waals surface area contributed by atoms with Crippen molar-refractivity contribution in [3.8, 4) is 0 Å². The average Bonchev–Trinajstić information content (AvgIpc) is 2.80. The molecule has 1 N–H and O–H groups in total. The van der Waals surface area contributed by atoms with Crippen molar-refractivity contribution < 1.29 is 27.9 Å². The summed E-state index contributed by atoms with van der Waals surface area (Å²) in [5, 5.41) is 9.89. The second kappa shape index (κ2) is 15.9. The number of ether oxygens (including phenoxy) is 1. The summed E-state index contributed by atoms with van der Waals surface area (Å²) in [6.07, 6.45) is -0.847. The molecule has 178 valence electrons. The van der Waals surface area contributed by atoms with E-state index in [9.17, 15) is 9.90 Å². The number of benzene rings is 2. The molecule has 0 aliphatic rings. The minimum atomic E-state index is -2.49. The lowest BCUT2D eigenvalue weighted by molar-refractivity contribution is 0.0453. The van der Waals surface area contributed by atoms with E-state index < -0.39 is 14.9 Å². The van der Waals surface area contributed by atoms with E-state index >= 15 is 0 Å². The van der Waals surface area contributed by atoms with Gasteiger partial charge in [0.1, 0.15) is 6.10 Å². The van der Waals surface area contributed by atoms with Crippen molar-refractivity contribution in [3.63, 3.8) is 0 Å². The first-order valence-corrected chi connectivity index (χ1v) is 13.2. The minimum Gasteiger partial charge on any atom is -0.380 e. The highest BCUT2D eigenvalue weighted by atomic mass is 28.4. The van der Waals surface area contributed by atoms with Crippen molar-refractivity contribution in [1.82, 2.24) is 0 Å². The summed E-state index contributed by atoms with van der Waals surface area (Å²) in [6, 6.07) is 18.5. The molecule has 0 aromatic heterocycles. The number of carbonyl (C=O) groups is 1. The minimum absolute atomic E-state index is 0.233. The molecule has 2 rings (SSSR count). The van der Waals surface area contributed by atoms with E-state index in [1.165, 1.54) is 0 Å². The van der Waals surface area contributed by atoms with Gasteiger partial charge in [-0.05, 0) is 40.2 Å². The van der Waals surface area contributed by atoms with Gasteiger partial charge in [0.2, 0.25) is 0 Å². The van der Waals surface area contributed by atoms with Gasteiger partial charge in [-0.25, -0.2) is 0 Å². The molecule has 0 saturated carbocycles. The number of aliphatic hydroxyl groups excluding tert-OH is 1. The van der Waals surface area contributed by atoms with Crippen LogP contribution in [0.1, 0.15) is 56.6 Å². The SMILES string of the molecule is CCO[Si](CCOC(C)C)(OCC)OCC.O=C(c1ccccc1)C(O)c1ccccc1. The largest absolute Gasteiger partial charge is 0.503 e. The van der Waals surface area contributed by atoms with E-state index in [1.807, 2.05) is 46.8 Å². The molecule has 0 aliphatic carbocycles. The number of hydrogen-bond acceptors (Lipinski definition) is 6. The van der Waals surface area contributed by atoms with Crippen LogP contribution in [0.2, 0.25) is 6.04 Å². The van der Waals surface area contributed by atoms with Gasteiger partial charge in [0, 0.05) is 31.4 Å². The molecule has 0 fully saturated rings. The Bertz CT molecular complexity index is 722. The van der Waals surface area contributed by atoms with Gasteiger partial charge in [-0.3, -0.25) is 4.79 Å². The van der Waals surface area contributed by atoms with E-state index in [2.05, 4.69) is 0 Å². The Kier molecular flexibility index (Phi) is 13.9. The predicted molar refractivity (Wildman–Crippen MR) is 129 cm³/mol. The molecule has 2 aromatic rings. The van der Waals surface area contributed by atoms with Crippen molar-refractivity contribution in [2.75, 3.05) is 26.4 Å². The summed E-state index contributed by atoms with van der Waals surface area (Å²) in [4.78, 5) is 11.9. The zero-order valence-corrected chi connectivity index (χ0v) is 21.0. The number of hydrogen-bond donors (Lipinski definition) is 1. The molecule has 32 heavy (non-hydrogen) atoms. The average molecular weight is 463 g/mol. The van der Waals surface area contributed by atoms with Crippen LogP contribution in [0, 0.1) is 0 Å². The molecule has 0 saturated heterocycles. The molecule has 2 aromatic carbocycles. The molecular formula is C25H38O6Si. The maximum absolute atomic E-state index is 11.9. The Morgan fingerprint density at radius 2 is 1.31 bits per heavy atom. The van der Waals surface area contributed by atoms with E-state index in [-0.39, 0.29) is 11.9 Å². The lowest BCUT2D eigenvalue weighted by atomic mass is 10.0. The van der Waals surface area contributed by atoms with Gasteiger partial charge in [-0.15, -0.1) is 0 Å². The molecule has 0 aliphatic heterocycles. The van der Waals surface area contributed by atoms with Crippen molar-refractivity contribution in [1.29, 1.82) is 0 Å². The zero-order valence-electron chi connectivity index (χ0n) is 20.0. The highest BCUT2D eigenvalue weighted by molar-refractivity contribution is 6.60. The Labute approximate surface area is 193 Å². The van der Waals surface area contributed by atoms with Crippen LogP contribution in [-0.2, 0) is 18.0 Å². The third-order valence-electron chi connectivity index (χ3n) is 4.37. The second-order valence-corrected chi connectivity index (χ2v) is 9.93. The third kappa shape index (κ3) is 10.2. The van der Waals surface area contributed by atoms with Gasteiger partial charge in [-0.2, -0.15) is 0 Å². The first-order chi connectivity index (χ1) is 15.4. The summed E-state index contributed by atoms with van der Waals surface area (Å²) in [5.74, 6) is -0.271. The molecule has 0 bridgehead atoms. The molecule has 7 heteroatoms. The first kappa shape index (κ1) is 28.2. The van der Waals surface area contributed by atoms with E-state index in [4.69, 9.17) is 18.0 Å². The van der Waals surface area contributed by atoms with E-state index in [1.54, 1.807) is 48.5 Å². The Morgan fingerprint density at radius 1 is 0.844 bits per heavy atom. The van der Waals surface area contributed by atoms with Crippen LogP contribution in [-0.4, -0.2) is 52.2 Å². The highest BCUT2D eigenvalue weighted by Crippen LogP contribution is 2.18. The number of aliphatic hydroxyl groups is 1. The van der Waals surface area contributed by atoms with Crippen LogP contribution < -0.4 is 0 Å². The summed E-state index contributed by atoms with van der Waals surface area (Å²) in [7, 11) is -2.49. The second-order valence-electron chi connectivity index (χ2n) is 7.20. The third-order valence-corrected chi connectivity index (χ3v) is 7.38. The van der Waals surface area contributed by atoms with Crippen molar-refractivity contribution in [3.05, 3.63) is 71.8 Å². The fraction of sp³-hybridized carbons (Fsp3) is 0.480. The van der Waals surface area contributed by atoms with Crippen LogP contribution >= 0.6 is 0 Å². The van der Waals surface area contributed by atoms with Gasteiger partial charge in [0.25, 0.3) is 0 Å². The van der Waals surface area contributed by atoms with Crippen molar-refractivity contribution >= 4 is 14.6 Å². The van der Waals surface area contributed by atoms with Gasteiger partial charge in [-0.1, -0.05) is 60.7 Å². The summed E-state index contributed by atoms with van der Waals surface area (Å²) >= 11 is 0. The maximum Gasteiger partial charge on any atom is 0.503 e. The quantitative estimate of drug-likeness (QED) is 0.331. The number of ketones is 1. The lowest BCUT2D eigenvalue weighted by Gasteiger charge is -2.28. The normalized spacial score (nSPS) is 12.2. The van der Waals surface area contributed by atoms with Gasteiger partial charge >= 0.3 is 8.80 Å². The Morgan fingerprint density at radius 3 is 1.75 bits per heavy atom. The molecule has 0 spiro atoms. The molecule has 0 heterocycles. The first-order valence-electron chi connectivity index (χ1n) is 11.2. The molecular weight excluding hydrogens is 424 g/mol. The van der Waals surface area contributed by atoms with Gasteiger partial charge in [0.15, 0.2) is 5.78 Å². The number of rotatable bonds is 13. The van der Waals surface area contributed by atoms with Crippen LogP contribution in [0.15, 0.2) is 60.7 Å². The Balaban J connectivity index is 0.000000320. The smallest absolute Gasteiger partial charge is 0.380 e. The fourth-order valence-electron chi connectivity index (χ4n) is 2.97. The number of carbonyl (C=O) groups excluding carboxylic acids is 1. The van der Waals surface area contributed by atoms with Crippen LogP contribution in [0.25, 0.3) is 0 Å². The number of Topliss-reactive ketones (excluding diaryl/α,β-unsaturated/α-hetero) is 1. The summed E-state index contributed by atoms with van der Waals surface area (Å²) < 4.78 is 22.7. The molecule has 1 unspecified atom stereocenters. The Hall–Kier alpha value is -1.87. The predicted octanol–water partition coefficient (Wildman–Crippen LogP) is 5.06. The van der Waals surface area contributed by atoms with Crippen molar-refractivity contribution in [2.45, 2.75) is 52.9 Å². The summed E-state index contributed by atoms with van der Waals surface area (Å²) in [5.41, 5.74) is 1.15. The van der Waals surface area contributed by atoms with Gasteiger partial charge in [0.05, 0.1) is 12.7 Å². The van der Waals surface area contributed by atoms with Crippen molar-refractivity contribution in [2.24, 2.45) is 0 Å². The standard InChI is InChI=1S/C14H12O2.C11H26O4Si/c15-13(11-7-3-1-4-8-11)14(16)12-9-5-2-6-10-12;1-6-13-16(14-7-2,15-8-3)10-9-12-11(4)5/h1-10,13,15H;11H,6-10H2,1-5H3. The van der Waals surface area contributed by atoms with Crippen LogP contribution in [0.4, 0.5) is 0 Å². The maximum atomic E-state index is 11.9. The van der Waals surface area contributed by atoms with E-state index in [0.717, 1.165) is 6.04 Å².